The fourth-order valence-corrected chi connectivity index (χ4v) is 5.60. The van der Waals surface area contributed by atoms with Gasteiger partial charge in [0.25, 0.3) is 0 Å². The van der Waals surface area contributed by atoms with Gasteiger partial charge in [0, 0.05) is 34.9 Å². The van der Waals surface area contributed by atoms with E-state index >= 15 is 0 Å². The number of anilines is 2. The van der Waals surface area contributed by atoms with E-state index in [1.54, 1.807) is 18.3 Å². The van der Waals surface area contributed by atoms with Gasteiger partial charge >= 0.3 is 0 Å². The standard InChI is InChI=1S/C31H32FN5OS/c1-18(2)30(38)34-25-14-13-22(16-19(25)3)37-29(28(35-31(37)39)26-11-8-9-15-33-26)23-17-20(4)36(21(23)5)27-12-7-6-10-24(27)32/h6-18,28-29H,1-5H3,(H,34,38)(H,35,39)/t28-,29-/m0/s1. The number of carbonyl (C=O) groups is 1. The summed E-state index contributed by atoms with van der Waals surface area (Å²) in [5.41, 5.74) is 6.84. The molecule has 0 unspecified atom stereocenters. The van der Waals surface area contributed by atoms with Crippen LogP contribution in [0.15, 0.2) is 72.9 Å². The average molecular weight is 542 g/mol. The van der Waals surface area contributed by atoms with Crippen LogP contribution in [-0.2, 0) is 4.79 Å². The molecule has 1 saturated heterocycles. The SMILES string of the molecule is Cc1cc(N2C(=S)N[C@@H](c3ccccn3)[C@@H]2c2cc(C)n(-c3ccccc3F)c2C)ccc1NC(=O)C(C)C. The van der Waals surface area contributed by atoms with Gasteiger partial charge in [-0.15, -0.1) is 0 Å². The second kappa shape index (κ2) is 10.6. The van der Waals surface area contributed by atoms with E-state index in [1.165, 1.54) is 6.07 Å². The minimum absolute atomic E-state index is 0.0297. The number of nitrogens with one attached hydrogen (secondary N) is 2. The zero-order chi connectivity index (χ0) is 27.8. The Labute approximate surface area is 233 Å². The van der Waals surface area contributed by atoms with E-state index in [9.17, 15) is 9.18 Å². The lowest BCUT2D eigenvalue weighted by atomic mass is 9.96. The third-order valence-electron chi connectivity index (χ3n) is 7.25. The summed E-state index contributed by atoms with van der Waals surface area (Å²) < 4.78 is 16.8. The van der Waals surface area contributed by atoms with Crippen molar-refractivity contribution in [1.82, 2.24) is 14.9 Å². The maximum atomic E-state index is 14.9. The van der Waals surface area contributed by atoms with Crippen LogP contribution in [0.2, 0.25) is 0 Å². The van der Waals surface area contributed by atoms with Crippen molar-refractivity contribution >= 4 is 34.6 Å². The number of thiocarbonyl (C=S) groups is 1. The molecule has 0 saturated carbocycles. The summed E-state index contributed by atoms with van der Waals surface area (Å²) in [6.07, 6.45) is 1.78. The fraction of sp³-hybridized carbons (Fsp3) is 0.258. The monoisotopic (exact) mass is 541 g/mol. The predicted octanol–water partition coefficient (Wildman–Crippen LogP) is 6.71. The first-order chi connectivity index (χ1) is 18.7. The predicted molar refractivity (Wildman–Crippen MR) is 158 cm³/mol. The Morgan fingerprint density at radius 3 is 2.46 bits per heavy atom. The first-order valence-electron chi connectivity index (χ1n) is 13.0. The molecule has 1 aliphatic rings. The second-order valence-corrected chi connectivity index (χ2v) is 10.6. The molecule has 200 valence electrons. The van der Waals surface area contributed by atoms with E-state index < -0.39 is 0 Å². The Morgan fingerprint density at radius 1 is 1.05 bits per heavy atom. The molecule has 0 bridgehead atoms. The minimum atomic E-state index is -0.279. The average Bonchev–Trinajstić information content (AvgIpc) is 3.41. The zero-order valence-electron chi connectivity index (χ0n) is 22.7. The maximum absolute atomic E-state index is 14.9. The van der Waals surface area contributed by atoms with E-state index in [0.717, 1.165) is 39.6 Å². The molecule has 2 aromatic carbocycles. The van der Waals surface area contributed by atoms with Crippen molar-refractivity contribution in [3.05, 3.63) is 107 Å². The van der Waals surface area contributed by atoms with Crippen LogP contribution in [0, 0.1) is 32.5 Å². The first-order valence-corrected chi connectivity index (χ1v) is 13.4. The molecule has 4 aromatic rings. The topological polar surface area (TPSA) is 62.2 Å². The van der Waals surface area contributed by atoms with Crippen LogP contribution in [0.4, 0.5) is 15.8 Å². The van der Waals surface area contributed by atoms with Gasteiger partial charge in [-0.2, -0.15) is 0 Å². The number of halogens is 1. The number of pyridine rings is 1. The molecule has 2 aromatic heterocycles. The normalized spacial score (nSPS) is 17.0. The summed E-state index contributed by atoms with van der Waals surface area (Å²) in [7, 11) is 0. The molecule has 2 atom stereocenters. The fourth-order valence-electron chi connectivity index (χ4n) is 5.25. The molecule has 1 aliphatic heterocycles. The number of hydrogen-bond donors (Lipinski definition) is 2. The molecule has 1 fully saturated rings. The second-order valence-electron chi connectivity index (χ2n) is 10.3. The van der Waals surface area contributed by atoms with Gasteiger partial charge in [-0.3, -0.25) is 9.78 Å². The van der Waals surface area contributed by atoms with Gasteiger partial charge in [0.2, 0.25) is 5.91 Å². The molecular formula is C31H32FN5OS. The quantitative estimate of drug-likeness (QED) is 0.266. The number of para-hydroxylation sites is 1. The van der Waals surface area contributed by atoms with Crippen molar-refractivity contribution in [3.63, 3.8) is 0 Å². The van der Waals surface area contributed by atoms with Gasteiger partial charge in [0.15, 0.2) is 5.11 Å². The molecular weight excluding hydrogens is 509 g/mol. The number of hydrogen-bond acceptors (Lipinski definition) is 3. The highest BCUT2D eigenvalue weighted by molar-refractivity contribution is 7.80. The van der Waals surface area contributed by atoms with Gasteiger partial charge in [-0.1, -0.05) is 32.0 Å². The lowest BCUT2D eigenvalue weighted by Crippen LogP contribution is -2.29. The number of rotatable bonds is 6. The summed E-state index contributed by atoms with van der Waals surface area (Å²) >= 11 is 5.90. The van der Waals surface area contributed by atoms with Crippen molar-refractivity contribution in [2.45, 2.75) is 46.7 Å². The lowest BCUT2D eigenvalue weighted by Gasteiger charge is -2.29. The van der Waals surface area contributed by atoms with Crippen molar-refractivity contribution in [3.8, 4) is 5.69 Å². The third kappa shape index (κ3) is 4.92. The smallest absolute Gasteiger partial charge is 0.226 e. The van der Waals surface area contributed by atoms with Gasteiger partial charge < -0.3 is 20.1 Å². The Bertz CT molecular complexity index is 1550. The molecule has 1 amide bonds. The summed E-state index contributed by atoms with van der Waals surface area (Å²) in [6.45, 7) is 9.71. The number of amides is 1. The maximum Gasteiger partial charge on any atom is 0.226 e. The Balaban J connectivity index is 1.63. The summed E-state index contributed by atoms with van der Waals surface area (Å²) in [5, 5.41) is 7.08. The molecule has 0 aliphatic carbocycles. The van der Waals surface area contributed by atoms with E-state index in [2.05, 4.69) is 26.6 Å². The van der Waals surface area contributed by atoms with E-state index in [-0.39, 0.29) is 29.7 Å². The van der Waals surface area contributed by atoms with Crippen molar-refractivity contribution in [1.29, 1.82) is 0 Å². The highest BCUT2D eigenvalue weighted by atomic mass is 32.1. The van der Waals surface area contributed by atoms with Crippen molar-refractivity contribution < 1.29 is 9.18 Å². The van der Waals surface area contributed by atoms with Crippen LogP contribution in [0.1, 0.15) is 54.1 Å². The highest BCUT2D eigenvalue weighted by Crippen LogP contribution is 2.44. The highest BCUT2D eigenvalue weighted by Gasteiger charge is 2.42. The first kappa shape index (κ1) is 26.6. The molecule has 2 N–H and O–H groups in total. The lowest BCUT2D eigenvalue weighted by molar-refractivity contribution is -0.118. The zero-order valence-corrected chi connectivity index (χ0v) is 23.5. The van der Waals surface area contributed by atoms with Gasteiger partial charge in [0.05, 0.1) is 23.5 Å². The van der Waals surface area contributed by atoms with Crippen LogP contribution < -0.4 is 15.5 Å². The van der Waals surface area contributed by atoms with Crippen LogP contribution >= 0.6 is 12.2 Å². The van der Waals surface area contributed by atoms with Gasteiger partial charge in [0.1, 0.15) is 5.82 Å². The summed E-state index contributed by atoms with van der Waals surface area (Å²) in [4.78, 5) is 19.1. The van der Waals surface area contributed by atoms with Gasteiger partial charge in [-0.05, 0) is 92.6 Å². The Kier molecular flexibility index (Phi) is 7.23. The third-order valence-corrected chi connectivity index (χ3v) is 7.57. The Morgan fingerprint density at radius 2 is 1.79 bits per heavy atom. The molecule has 6 nitrogen and oxygen atoms in total. The van der Waals surface area contributed by atoms with E-state index in [0.29, 0.717) is 10.8 Å². The Hall–Kier alpha value is -4.04. The number of aromatic nitrogens is 2. The number of benzene rings is 2. The molecule has 8 heteroatoms. The minimum Gasteiger partial charge on any atom is -0.351 e. The van der Waals surface area contributed by atoms with Crippen molar-refractivity contribution in [2.75, 3.05) is 10.2 Å². The van der Waals surface area contributed by atoms with Crippen molar-refractivity contribution in [2.24, 2.45) is 5.92 Å². The van der Waals surface area contributed by atoms with Crippen LogP contribution in [0.25, 0.3) is 5.69 Å². The summed E-state index contributed by atoms with van der Waals surface area (Å²) in [6, 6.07) is 20.2. The summed E-state index contributed by atoms with van der Waals surface area (Å²) in [5.74, 6) is -0.427. The number of nitrogens with zero attached hydrogens (tertiary/aromatic N) is 3. The molecule has 3 heterocycles. The number of aryl methyl sites for hydroxylation is 2. The van der Waals surface area contributed by atoms with Crippen LogP contribution in [0.3, 0.4) is 0 Å². The van der Waals surface area contributed by atoms with Crippen LogP contribution in [-0.4, -0.2) is 20.6 Å². The van der Waals surface area contributed by atoms with E-state index in [1.807, 2.05) is 81.7 Å². The van der Waals surface area contributed by atoms with E-state index in [4.69, 9.17) is 12.2 Å². The van der Waals surface area contributed by atoms with Crippen LogP contribution in [0.5, 0.6) is 0 Å². The molecule has 5 rings (SSSR count). The number of carbonyl (C=O) groups excluding carboxylic acids is 1. The van der Waals surface area contributed by atoms with Gasteiger partial charge in [-0.25, -0.2) is 4.39 Å². The molecule has 39 heavy (non-hydrogen) atoms. The molecule has 0 radical (unpaired) electrons. The molecule has 0 spiro atoms. The largest absolute Gasteiger partial charge is 0.351 e.